The summed E-state index contributed by atoms with van der Waals surface area (Å²) in [7, 11) is 0. The van der Waals surface area contributed by atoms with Gasteiger partial charge in [0.15, 0.2) is 5.78 Å². The highest BCUT2D eigenvalue weighted by Crippen LogP contribution is 2.30. The number of Topliss-reactive ketones (excluding diaryl/α,β-unsaturated/α-hetero) is 1. The molecule has 1 heterocycles. The van der Waals surface area contributed by atoms with Crippen molar-refractivity contribution in [2.24, 2.45) is 0 Å². The molecule has 0 N–H and O–H groups in total. The molecule has 1 fully saturated rings. The number of benzene rings is 1. The molecule has 0 bridgehead atoms. The number of carbonyl (C=O) groups is 1. The summed E-state index contributed by atoms with van der Waals surface area (Å²) in [5.41, 5.74) is -1.22. The number of carbonyl (C=O) groups excluding carboxylic acids is 1. The number of halogens is 2. The van der Waals surface area contributed by atoms with Gasteiger partial charge in [-0.05, 0) is 51.4 Å². The van der Waals surface area contributed by atoms with Crippen LogP contribution in [0.5, 0.6) is 0 Å². The first-order valence-electron chi connectivity index (χ1n) is 6.74. The zero-order valence-electron chi connectivity index (χ0n) is 11.4. The van der Waals surface area contributed by atoms with E-state index in [4.69, 9.17) is 0 Å². The highest BCUT2D eigenvalue weighted by Gasteiger charge is 2.41. The Bertz CT molecular complexity index is 463. The molecule has 0 aromatic heterocycles. The van der Waals surface area contributed by atoms with E-state index in [1.807, 2.05) is 11.8 Å². The van der Waals surface area contributed by atoms with Crippen molar-refractivity contribution in [1.29, 1.82) is 0 Å². The Morgan fingerprint density at radius 2 is 1.79 bits per heavy atom. The summed E-state index contributed by atoms with van der Waals surface area (Å²) in [5, 5.41) is 0. The van der Waals surface area contributed by atoms with Crippen molar-refractivity contribution in [2.45, 2.75) is 38.6 Å². The number of ketones is 1. The van der Waals surface area contributed by atoms with Crippen LogP contribution in [-0.2, 0) is 0 Å². The first-order chi connectivity index (χ1) is 9.00. The Morgan fingerprint density at radius 3 is 2.26 bits per heavy atom. The second-order valence-corrected chi connectivity index (χ2v) is 5.25. The summed E-state index contributed by atoms with van der Waals surface area (Å²) >= 11 is 0. The fourth-order valence-electron chi connectivity index (χ4n) is 2.72. The van der Waals surface area contributed by atoms with Crippen LogP contribution in [-0.4, -0.2) is 29.3 Å². The molecule has 1 unspecified atom stereocenters. The van der Waals surface area contributed by atoms with E-state index >= 15 is 0 Å². The Balaban J connectivity index is 2.40. The number of nitrogens with zero attached hydrogens (tertiary/aromatic N) is 1. The smallest absolute Gasteiger partial charge is 0.188 e. The van der Waals surface area contributed by atoms with Gasteiger partial charge in [-0.3, -0.25) is 9.69 Å². The van der Waals surface area contributed by atoms with Gasteiger partial charge in [-0.25, -0.2) is 8.78 Å². The van der Waals surface area contributed by atoms with E-state index < -0.39 is 28.5 Å². The number of hydrogen-bond donors (Lipinski definition) is 0. The SMILES string of the molecule is CCC(C)(C(=O)c1c(F)cccc1F)N1CCCC1. The van der Waals surface area contributed by atoms with Crippen LogP contribution in [0.2, 0.25) is 0 Å². The lowest BCUT2D eigenvalue weighted by Crippen LogP contribution is -2.51. The van der Waals surface area contributed by atoms with Gasteiger partial charge in [0.1, 0.15) is 11.6 Å². The Kier molecular flexibility index (Phi) is 3.99. The summed E-state index contributed by atoms with van der Waals surface area (Å²) in [6, 6.07) is 3.55. The molecule has 1 aliphatic heterocycles. The molecular weight excluding hydrogens is 248 g/mol. The second-order valence-electron chi connectivity index (χ2n) is 5.25. The first kappa shape index (κ1) is 14.1. The highest BCUT2D eigenvalue weighted by molar-refractivity contribution is 6.03. The molecule has 1 aromatic rings. The van der Waals surface area contributed by atoms with Crippen molar-refractivity contribution in [2.75, 3.05) is 13.1 Å². The number of rotatable bonds is 4. The van der Waals surface area contributed by atoms with Gasteiger partial charge >= 0.3 is 0 Å². The zero-order valence-corrected chi connectivity index (χ0v) is 11.4. The summed E-state index contributed by atoms with van der Waals surface area (Å²) < 4.78 is 27.6. The molecule has 2 nitrogen and oxygen atoms in total. The fourth-order valence-corrected chi connectivity index (χ4v) is 2.72. The van der Waals surface area contributed by atoms with Crippen LogP contribution in [0.4, 0.5) is 8.78 Å². The Labute approximate surface area is 112 Å². The summed E-state index contributed by atoms with van der Waals surface area (Å²) in [6.45, 7) is 5.29. The Morgan fingerprint density at radius 1 is 1.26 bits per heavy atom. The average Bonchev–Trinajstić information content (AvgIpc) is 2.91. The summed E-state index contributed by atoms with van der Waals surface area (Å²) in [6.07, 6.45) is 2.60. The third-order valence-electron chi connectivity index (χ3n) is 4.17. The lowest BCUT2D eigenvalue weighted by atomic mass is 9.86. The molecule has 0 spiro atoms. The second kappa shape index (κ2) is 5.37. The van der Waals surface area contributed by atoms with Crippen LogP contribution in [0.15, 0.2) is 18.2 Å². The van der Waals surface area contributed by atoms with Gasteiger partial charge in [-0.2, -0.15) is 0 Å². The molecule has 4 heteroatoms. The van der Waals surface area contributed by atoms with E-state index in [9.17, 15) is 13.6 Å². The largest absolute Gasteiger partial charge is 0.292 e. The number of hydrogen-bond acceptors (Lipinski definition) is 2. The molecule has 1 atom stereocenters. The minimum absolute atomic E-state index is 0.404. The minimum atomic E-state index is -0.820. The van der Waals surface area contributed by atoms with Gasteiger partial charge < -0.3 is 0 Å². The van der Waals surface area contributed by atoms with Gasteiger partial charge in [-0.15, -0.1) is 0 Å². The van der Waals surface area contributed by atoms with E-state index in [0.29, 0.717) is 6.42 Å². The normalized spacial score (nSPS) is 19.4. The van der Waals surface area contributed by atoms with E-state index in [1.54, 1.807) is 6.92 Å². The van der Waals surface area contributed by atoms with Gasteiger partial charge in [0.2, 0.25) is 0 Å². The maximum Gasteiger partial charge on any atom is 0.188 e. The molecule has 19 heavy (non-hydrogen) atoms. The van der Waals surface area contributed by atoms with Crippen LogP contribution in [0.3, 0.4) is 0 Å². The molecule has 0 amide bonds. The monoisotopic (exact) mass is 267 g/mol. The number of likely N-dealkylation sites (tertiary alicyclic amines) is 1. The molecule has 0 radical (unpaired) electrons. The van der Waals surface area contributed by atoms with E-state index in [-0.39, 0.29) is 0 Å². The lowest BCUT2D eigenvalue weighted by molar-refractivity contribution is 0.0638. The molecule has 1 aromatic carbocycles. The average molecular weight is 267 g/mol. The van der Waals surface area contributed by atoms with Crippen LogP contribution >= 0.6 is 0 Å². The Hall–Kier alpha value is -1.29. The van der Waals surface area contributed by atoms with Crippen molar-refractivity contribution in [3.8, 4) is 0 Å². The van der Waals surface area contributed by atoms with Gasteiger partial charge in [0.25, 0.3) is 0 Å². The van der Waals surface area contributed by atoms with E-state index in [0.717, 1.165) is 38.1 Å². The third kappa shape index (κ3) is 2.41. The quantitative estimate of drug-likeness (QED) is 0.779. The molecular formula is C15H19F2NO. The van der Waals surface area contributed by atoms with Gasteiger partial charge in [0.05, 0.1) is 11.1 Å². The highest BCUT2D eigenvalue weighted by atomic mass is 19.1. The van der Waals surface area contributed by atoms with Crippen molar-refractivity contribution in [1.82, 2.24) is 4.90 Å². The topological polar surface area (TPSA) is 20.3 Å². The standard InChI is InChI=1S/C15H19F2NO/c1-3-15(2,18-9-4-5-10-18)14(19)13-11(16)7-6-8-12(13)17/h6-8H,3-5,9-10H2,1-2H3. The van der Waals surface area contributed by atoms with E-state index in [1.165, 1.54) is 6.07 Å². The van der Waals surface area contributed by atoms with Crippen LogP contribution in [0.1, 0.15) is 43.5 Å². The molecule has 1 saturated heterocycles. The summed E-state index contributed by atoms with van der Waals surface area (Å²) in [4.78, 5) is 14.6. The molecule has 0 saturated carbocycles. The predicted molar refractivity (Wildman–Crippen MR) is 70.2 cm³/mol. The third-order valence-corrected chi connectivity index (χ3v) is 4.17. The fraction of sp³-hybridized carbons (Fsp3) is 0.533. The molecule has 104 valence electrons. The minimum Gasteiger partial charge on any atom is -0.292 e. The first-order valence-corrected chi connectivity index (χ1v) is 6.74. The van der Waals surface area contributed by atoms with Gasteiger partial charge in [-0.1, -0.05) is 13.0 Å². The van der Waals surface area contributed by atoms with Crippen molar-refractivity contribution >= 4 is 5.78 Å². The predicted octanol–water partition coefficient (Wildman–Crippen LogP) is 3.41. The van der Waals surface area contributed by atoms with Crippen molar-refractivity contribution < 1.29 is 13.6 Å². The van der Waals surface area contributed by atoms with Crippen LogP contribution in [0.25, 0.3) is 0 Å². The van der Waals surface area contributed by atoms with Crippen LogP contribution < -0.4 is 0 Å². The zero-order chi connectivity index (χ0) is 14.0. The van der Waals surface area contributed by atoms with E-state index in [2.05, 4.69) is 0 Å². The maximum atomic E-state index is 13.8. The molecule has 1 aliphatic rings. The van der Waals surface area contributed by atoms with Crippen molar-refractivity contribution in [3.05, 3.63) is 35.4 Å². The lowest BCUT2D eigenvalue weighted by Gasteiger charge is -2.36. The summed E-state index contributed by atoms with van der Waals surface area (Å²) in [5.74, 6) is -2.00. The van der Waals surface area contributed by atoms with Crippen LogP contribution in [0, 0.1) is 11.6 Å². The van der Waals surface area contributed by atoms with Gasteiger partial charge in [0, 0.05) is 0 Å². The molecule has 2 rings (SSSR count). The molecule has 0 aliphatic carbocycles. The maximum absolute atomic E-state index is 13.8. The van der Waals surface area contributed by atoms with Crippen molar-refractivity contribution in [3.63, 3.8) is 0 Å².